The zero-order chi connectivity index (χ0) is 9.26. The SMILES string of the molecule is CC(C)c1cnc(-c2ccc[nH]2)s1. The van der Waals surface area contributed by atoms with E-state index in [0.717, 1.165) is 10.7 Å². The van der Waals surface area contributed by atoms with Gasteiger partial charge >= 0.3 is 0 Å². The highest BCUT2D eigenvalue weighted by Crippen LogP contribution is 2.27. The lowest BCUT2D eigenvalue weighted by atomic mass is 10.2. The van der Waals surface area contributed by atoms with Crippen LogP contribution >= 0.6 is 11.3 Å². The largest absolute Gasteiger partial charge is 0.359 e. The van der Waals surface area contributed by atoms with Gasteiger partial charge < -0.3 is 4.98 Å². The van der Waals surface area contributed by atoms with E-state index in [1.54, 1.807) is 11.3 Å². The van der Waals surface area contributed by atoms with Crippen LogP contribution in [0.3, 0.4) is 0 Å². The predicted octanol–water partition coefficient (Wildman–Crippen LogP) is 3.26. The second-order valence-electron chi connectivity index (χ2n) is 3.31. The van der Waals surface area contributed by atoms with Crippen molar-refractivity contribution in [1.29, 1.82) is 0 Å². The van der Waals surface area contributed by atoms with Crippen LogP contribution in [0.5, 0.6) is 0 Å². The number of nitrogens with one attached hydrogen (secondary N) is 1. The van der Waals surface area contributed by atoms with Gasteiger partial charge in [0.2, 0.25) is 0 Å². The van der Waals surface area contributed by atoms with Crippen molar-refractivity contribution in [1.82, 2.24) is 9.97 Å². The molecule has 1 N–H and O–H groups in total. The highest BCUT2D eigenvalue weighted by molar-refractivity contribution is 7.15. The van der Waals surface area contributed by atoms with Crippen LogP contribution in [0.4, 0.5) is 0 Å². The number of nitrogens with zero attached hydrogens (tertiary/aromatic N) is 1. The van der Waals surface area contributed by atoms with E-state index in [1.807, 2.05) is 24.5 Å². The van der Waals surface area contributed by atoms with Gasteiger partial charge in [-0.3, -0.25) is 0 Å². The van der Waals surface area contributed by atoms with E-state index >= 15 is 0 Å². The lowest BCUT2D eigenvalue weighted by molar-refractivity contribution is 0.885. The molecular weight excluding hydrogens is 180 g/mol. The summed E-state index contributed by atoms with van der Waals surface area (Å²) in [5, 5.41) is 1.08. The summed E-state index contributed by atoms with van der Waals surface area (Å²) in [6.07, 6.45) is 3.89. The van der Waals surface area contributed by atoms with E-state index in [4.69, 9.17) is 0 Å². The van der Waals surface area contributed by atoms with E-state index in [0.29, 0.717) is 5.92 Å². The topological polar surface area (TPSA) is 28.7 Å². The summed E-state index contributed by atoms with van der Waals surface area (Å²) in [5.41, 5.74) is 1.11. The number of rotatable bonds is 2. The van der Waals surface area contributed by atoms with Gasteiger partial charge in [-0.05, 0) is 18.1 Å². The Bertz CT molecular complexity index is 373. The lowest BCUT2D eigenvalue weighted by Crippen LogP contribution is -1.77. The number of aromatic amines is 1. The normalized spacial score (nSPS) is 11.0. The molecule has 0 bridgehead atoms. The first-order valence-electron chi connectivity index (χ1n) is 4.37. The Hall–Kier alpha value is -1.09. The standard InChI is InChI=1S/C10H12N2S/c1-7(2)9-6-12-10(13-9)8-4-3-5-11-8/h3-7,11H,1-2H3. The smallest absolute Gasteiger partial charge is 0.139 e. The summed E-state index contributed by atoms with van der Waals surface area (Å²) in [6, 6.07) is 4.04. The molecule has 0 radical (unpaired) electrons. The van der Waals surface area contributed by atoms with Crippen molar-refractivity contribution in [2.45, 2.75) is 19.8 Å². The van der Waals surface area contributed by atoms with Gasteiger partial charge in [0.15, 0.2) is 0 Å². The molecule has 2 nitrogen and oxygen atoms in total. The van der Waals surface area contributed by atoms with Gasteiger partial charge in [-0.25, -0.2) is 4.98 Å². The minimum atomic E-state index is 0.571. The van der Waals surface area contributed by atoms with Crippen LogP contribution in [0.1, 0.15) is 24.6 Å². The first-order chi connectivity index (χ1) is 6.27. The van der Waals surface area contributed by atoms with Crippen molar-refractivity contribution in [2.24, 2.45) is 0 Å². The van der Waals surface area contributed by atoms with Gasteiger partial charge in [-0.2, -0.15) is 0 Å². The number of thiazole rings is 1. The van der Waals surface area contributed by atoms with Crippen LogP contribution in [0, 0.1) is 0 Å². The van der Waals surface area contributed by atoms with Crippen molar-refractivity contribution in [2.75, 3.05) is 0 Å². The molecule has 0 fully saturated rings. The Morgan fingerprint density at radius 3 is 2.85 bits per heavy atom. The number of aromatic nitrogens is 2. The molecule has 2 rings (SSSR count). The Morgan fingerprint density at radius 1 is 1.46 bits per heavy atom. The van der Waals surface area contributed by atoms with Gasteiger partial charge in [-0.1, -0.05) is 13.8 Å². The van der Waals surface area contributed by atoms with Gasteiger partial charge in [0.1, 0.15) is 5.01 Å². The van der Waals surface area contributed by atoms with Crippen LogP contribution in [0.2, 0.25) is 0 Å². The van der Waals surface area contributed by atoms with Crippen LogP contribution < -0.4 is 0 Å². The molecule has 0 saturated heterocycles. The quantitative estimate of drug-likeness (QED) is 0.777. The van der Waals surface area contributed by atoms with E-state index in [-0.39, 0.29) is 0 Å². The van der Waals surface area contributed by atoms with Gasteiger partial charge in [0, 0.05) is 17.3 Å². The number of hydrogen-bond donors (Lipinski definition) is 1. The summed E-state index contributed by atoms with van der Waals surface area (Å²) in [6.45, 7) is 4.37. The zero-order valence-electron chi connectivity index (χ0n) is 7.74. The molecule has 0 aliphatic heterocycles. The maximum Gasteiger partial charge on any atom is 0.139 e. The summed E-state index contributed by atoms with van der Waals surface area (Å²) >= 11 is 1.76. The van der Waals surface area contributed by atoms with E-state index in [1.165, 1.54) is 4.88 Å². The van der Waals surface area contributed by atoms with Crippen molar-refractivity contribution in [3.05, 3.63) is 29.4 Å². The minimum absolute atomic E-state index is 0.571. The Kier molecular flexibility index (Phi) is 2.19. The number of H-pyrrole nitrogens is 1. The summed E-state index contributed by atoms with van der Waals surface area (Å²) in [7, 11) is 0. The van der Waals surface area contributed by atoms with Gasteiger partial charge in [0.05, 0.1) is 5.69 Å². The third-order valence-electron chi connectivity index (χ3n) is 1.92. The summed E-state index contributed by atoms with van der Waals surface area (Å²) < 4.78 is 0. The third-order valence-corrected chi connectivity index (χ3v) is 3.25. The van der Waals surface area contributed by atoms with Crippen LogP contribution in [-0.4, -0.2) is 9.97 Å². The molecule has 2 aromatic heterocycles. The molecule has 0 amide bonds. The summed E-state index contributed by atoms with van der Waals surface area (Å²) in [4.78, 5) is 8.86. The number of hydrogen-bond acceptors (Lipinski definition) is 2. The van der Waals surface area contributed by atoms with Crippen LogP contribution in [0.15, 0.2) is 24.5 Å². The second kappa shape index (κ2) is 3.34. The predicted molar refractivity (Wildman–Crippen MR) is 56.0 cm³/mol. The molecule has 0 unspecified atom stereocenters. The Balaban J connectivity index is 2.33. The Morgan fingerprint density at radius 2 is 2.31 bits per heavy atom. The summed E-state index contributed by atoms with van der Waals surface area (Å²) in [5.74, 6) is 0.571. The van der Waals surface area contributed by atoms with Crippen molar-refractivity contribution >= 4 is 11.3 Å². The average Bonchev–Trinajstić information content (AvgIpc) is 2.75. The fraction of sp³-hybridized carbons (Fsp3) is 0.300. The average molecular weight is 192 g/mol. The van der Waals surface area contributed by atoms with Gasteiger partial charge in [0.25, 0.3) is 0 Å². The fourth-order valence-corrected chi connectivity index (χ4v) is 2.05. The molecule has 0 aliphatic carbocycles. The lowest BCUT2D eigenvalue weighted by Gasteiger charge is -1.95. The minimum Gasteiger partial charge on any atom is -0.359 e. The molecule has 3 heteroatoms. The zero-order valence-corrected chi connectivity index (χ0v) is 8.56. The molecular formula is C10H12N2S. The molecule has 0 aliphatic rings. The van der Waals surface area contributed by atoms with Crippen molar-refractivity contribution in [3.63, 3.8) is 0 Å². The molecule has 0 saturated carbocycles. The maximum absolute atomic E-state index is 4.37. The molecule has 13 heavy (non-hydrogen) atoms. The highest BCUT2D eigenvalue weighted by atomic mass is 32.1. The van der Waals surface area contributed by atoms with E-state index < -0.39 is 0 Å². The highest BCUT2D eigenvalue weighted by Gasteiger charge is 2.06. The second-order valence-corrected chi connectivity index (χ2v) is 4.37. The Labute approximate surface area is 81.7 Å². The first-order valence-corrected chi connectivity index (χ1v) is 5.18. The molecule has 2 aromatic rings. The molecule has 0 atom stereocenters. The maximum atomic E-state index is 4.37. The van der Waals surface area contributed by atoms with Gasteiger partial charge in [-0.15, -0.1) is 11.3 Å². The molecule has 0 spiro atoms. The van der Waals surface area contributed by atoms with Crippen molar-refractivity contribution < 1.29 is 0 Å². The molecule has 0 aromatic carbocycles. The third kappa shape index (κ3) is 1.65. The first kappa shape index (κ1) is 8.51. The van der Waals surface area contributed by atoms with E-state index in [9.17, 15) is 0 Å². The van der Waals surface area contributed by atoms with Crippen LogP contribution in [0.25, 0.3) is 10.7 Å². The van der Waals surface area contributed by atoms with Crippen LogP contribution in [-0.2, 0) is 0 Å². The fourth-order valence-electron chi connectivity index (χ4n) is 1.14. The monoisotopic (exact) mass is 192 g/mol. The van der Waals surface area contributed by atoms with E-state index in [2.05, 4.69) is 23.8 Å². The van der Waals surface area contributed by atoms with Crippen molar-refractivity contribution in [3.8, 4) is 10.7 Å². The molecule has 2 heterocycles. The molecule has 68 valence electrons.